The number of benzene rings is 6. The smallest absolute Gasteiger partial charge is 0.0574 e. The largest absolute Gasteiger partial charge is 0.314 e. The number of nitrogens with zero attached hydrogens (tertiary/aromatic N) is 3. The average molecular weight is 724 g/mol. The highest BCUT2D eigenvalue weighted by atomic mass is 15.1. The molecular formula is C53H45N3. The van der Waals surface area contributed by atoms with Crippen LogP contribution in [0.1, 0.15) is 61.8 Å². The molecule has 0 fully saturated rings. The van der Waals surface area contributed by atoms with Gasteiger partial charge in [-0.1, -0.05) is 153 Å². The zero-order valence-electron chi connectivity index (χ0n) is 32.1. The predicted molar refractivity (Wildman–Crippen MR) is 235 cm³/mol. The molecule has 3 heteroatoms. The molecule has 0 aliphatic heterocycles. The molecular weight excluding hydrogens is 679 g/mol. The molecule has 0 amide bonds. The summed E-state index contributed by atoms with van der Waals surface area (Å²) in [5.74, 6) is 0. The number of allylic oxidation sites excluding steroid dienone is 4. The normalized spacial score (nSPS) is 14.4. The van der Waals surface area contributed by atoms with Crippen molar-refractivity contribution in [3.63, 3.8) is 0 Å². The second-order valence-corrected chi connectivity index (χ2v) is 14.8. The molecule has 3 nitrogen and oxygen atoms in total. The van der Waals surface area contributed by atoms with Gasteiger partial charge in [-0.3, -0.25) is 0 Å². The summed E-state index contributed by atoms with van der Waals surface area (Å²) in [5.41, 5.74) is 19.0. The summed E-state index contributed by atoms with van der Waals surface area (Å²) >= 11 is 0. The molecule has 9 rings (SSSR count). The monoisotopic (exact) mass is 723 g/mol. The van der Waals surface area contributed by atoms with E-state index in [4.69, 9.17) is 0 Å². The highest BCUT2D eigenvalue weighted by Crippen LogP contribution is 2.55. The second-order valence-electron chi connectivity index (χ2n) is 14.8. The van der Waals surface area contributed by atoms with Crippen molar-refractivity contribution in [2.75, 3.05) is 4.90 Å². The third-order valence-electron chi connectivity index (χ3n) is 11.9. The minimum atomic E-state index is -0.0188. The van der Waals surface area contributed by atoms with Crippen LogP contribution in [0.25, 0.3) is 51.1 Å². The van der Waals surface area contributed by atoms with Crippen LogP contribution in [0.15, 0.2) is 187 Å². The van der Waals surface area contributed by atoms with Crippen LogP contribution in [0.5, 0.6) is 0 Å². The maximum atomic E-state index is 4.19. The molecule has 0 unspecified atom stereocenters. The molecule has 0 bridgehead atoms. The van der Waals surface area contributed by atoms with Crippen LogP contribution in [0, 0.1) is 0 Å². The second kappa shape index (κ2) is 15.3. The minimum Gasteiger partial charge on any atom is -0.314 e. The first-order valence-corrected chi connectivity index (χ1v) is 19.9. The zero-order chi connectivity index (χ0) is 37.9. The van der Waals surface area contributed by atoms with E-state index in [9.17, 15) is 0 Å². The van der Waals surface area contributed by atoms with E-state index >= 15 is 0 Å². The topological polar surface area (TPSA) is 29.0 Å². The predicted octanol–water partition coefficient (Wildman–Crippen LogP) is 14.0. The summed E-state index contributed by atoms with van der Waals surface area (Å²) in [5, 5.41) is 8.23. The minimum absolute atomic E-state index is 0.0188. The van der Waals surface area contributed by atoms with Gasteiger partial charge in [0.1, 0.15) is 0 Å². The van der Waals surface area contributed by atoms with Crippen molar-refractivity contribution in [3.05, 3.63) is 210 Å². The van der Waals surface area contributed by atoms with Crippen molar-refractivity contribution in [1.82, 2.24) is 10.2 Å². The van der Waals surface area contributed by atoms with Gasteiger partial charge >= 0.3 is 0 Å². The quantitative estimate of drug-likeness (QED) is 0.132. The summed E-state index contributed by atoms with van der Waals surface area (Å²) in [4.78, 5) is 2.46. The number of fused-ring (bicyclic) bond motifs is 2. The maximum Gasteiger partial charge on any atom is 0.0574 e. The van der Waals surface area contributed by atoms with Gasteiger partial charge in [0.25, 0.3) is 0 Å². The first-order valence-electron chi connectivity index (χ1n) is 19.9. The Bertz CT molecular complexity index is 2470. The molecule has 56 heavy (non-hydrogen) atoms. The van der Waals surface area contributed by atoms with E-state index in [-0.39, 0.29) is 5.41 Å². The van der Waals surface area contributed by atoms with Gasteiger partial charge in [0.15, 0.2) is 0 Å². The van der Waals surface area contributed by atoms with Gasteiger partial charge in [-0.05, 0) is 123 Å². The number of hydrogen-bond acceptors (Lipinski definition) is 3. The van der Waals surface area contributed by atoms with E-state index in [2.05, 4.69) is 199 Å². The summed E-state index contributed by atoms with van der Waals surface area (Å²) in [6.45, 7) is 4.74. The van der Waals surface area contributed by atoms with E-state index in [0.717, 1.165) is 36.8 Å². The fourth-order valence-corrected chi connectivity index (χ4v) is 9.08. The first-order chi connectivity index (χ1) is 27.7. The van der Waals surface area contributed by atoms with Gasteiger partial charge < -0.3 is 4.90 Å². The number of para-hydroxylation sites is 2. The molecule has 1 aromatic heterocycles. The molecule has 7 aromatic rings. The Morgan fingerprint density at radius 2 is 1.18 bits per heavy atom. The van der Waals surface area contributed by atoms with Crippen LogP contribution in [-0.4, -0.2) is 10.2 Å². The van der Waals surface area contributed by atoms with Crippen LogP contribution in [0.4, 0.5) is 11.4 Å². The standard InChI is InChI=1S/C53H45N3/c1-3-53(4-2)50-35-39(27-31-48(50)49-32-30-45(36-51(49)53)56(43-17-10-6-11-18-43)44-19-12-7-13-20-44)24-23-38-25-28-41(29-26-38)52-46(40-15-8-5-9-16-40)21-14-22-47(52)42-33-34-54-55-37-42/h5-29,31,33-37H,3-4,30,32H2,1-2H3/b24-23+. The summed E-state index contributed by atoms with van der Waals surface area (Å²) in [6.07, 6.45) is 14.8. The lowest BCUT2D eigenvalue weighted by Crippen LogP contribution is -2.26. The van der Waals surface area contributed by atoms with Gasteiger partial charge in [0.05, 0.1) is 12.4 Å². The van der Waals surface area contributed by atoms with Crippen LogP contribution < -0.4 is 4.90 Å². The van der Waals surface area contributed by atoms with E-state index in [1.165, 1.54) is 72.7 Å². The van der Waals surface area contributed by atoms with Crippen LogP contribution in [-0.2, 0) is 5.41 Å². The third kappa shape index (κ3) is 6.39. The van der Waals surface area contributed by atoms with Crippen molar-refractivity contribution in [3.8, 4) is 33.4 Å². The Labute approximate surface area is 331 Å². The van der Waals surface area contributed by atoms with Gasteiger partial charge in [0, 0.05) is 28.1 Å². The van der Waals surface area contributed by atoms with Crippen molar-refractivity contribution in [2.45, 2.75) is 44.9 Å². The Hall–Kier alpha value is -6.58. The highest BCUT2D eigenvalue weighted by molar-refractivity contribution is 5.94. The molecule has 0 spiro atoms. The van der Waals surface area contributed by atoms with Crippen LogP contribution in [0.2, 0.25) is 0 Å². The van der Waals surface area contributed by atoms with Crippen LogP contribution in [0.3, 0.4) is 0 Å². The number of hydrogen-bond donors (Lipinski definition) is 0. The molecule has 2 aliphatic rings. The number of rotatable bonds is 10. The number of anilines is 2. The lowest BCUT2D eigenvalue weighted by molar-refractivity contribution is 0.484. The van der Waals surface area contributed by atoms with Crippen molar-refractivity contribution in [2.24, 2.45) is 0 Å². The fourth-order valence-electron chi connectivity index (χ4n) is 9.08. The summed E-state index contributed by atoms with van der Waals surface area (Å²) < 4.78 is 0. The lowest BCUT2D eigenvalue weighted by atomic mass is 9.71. The van der Waals surface area contributed by atoms with E-state index in [0.29, 0.717) is 0 Å². The van der Waals surface area contributed by atoms with E-state index < -0.39 is 0 Å². The molecule has 0 saturated heterocycles. The zero-order valence-corrected chi connectivity index (χ0v) is 32.1. The van der Waals surface area contributed by atoms with Gasteiger partial charge in [-0.15, -0.1) is 0 Å². The molecule has 0 saturated carbocycles. The van der Waals surface area contributed by atoms with E-state index in [1.807, 2.05) is 12.3 Å². The van der Waals surface area contributed by atoms with Gasteiger partial charge in [0.2, 0.25) is 0 Å². The highest BCUT2D eigenvalue weighted by Gasteiger charge is 2.43. The Morgan fingerprint density at radius 3 is 1.82 bits per heavy atom. The molecule has 0 N–H and O–H groups in total. The van der Waals surface area contributed by atoms with Gasteiger partial charge in [-0.25, -0.2) is 0 Å². The van der Waals surface area contributed by atoms with E-state index in [1.54, 1.807) is 6.20 Å². The Morgan fingerprint density at radius 1 is 0.554 bits per heavy atom. The molecule has 272 valence electrons. The molecule has 1 heterocycles. The lowest BCUT2D eigenvalue weighted by Gasteiger charge is -2.35. The first kappa shape index (κ1) is 35.1. The molecule has 0 radical (unpaired) electrons. The Balaban J connectivity index is 1.03. The van der Waals surface area contributed by atoms with Gasteiger partial charge in [-0.2, -0.15) is 10.2 Å². The van der Waals surface area contributed by atoms with Crippen LogP contribution >= 0.6 is 0 Å². The van der Waals surface area contributed by atoms with Crippen molar-refractivity contribution >= 4 is 29.1 Å². The number of aromatic nitrogens is 2. The molecule has 0 atom stereocenters. The Kier molecular flexibility index (Phi) is 9.59. The summed E-state index contributed by atoms with van der Waals surface area (Å²) in [6, 6.07) is 56.9. The maximum absolute atomic E-state index is 4.19. The van der Waals surface area contributed by atoms with Crippen molar-refractivity contribution < 1.29 is 0 Å². The summed E-state index contributed by atoms with van der Waals surface area (Å²) in [7, 11) is 0. The average Bonchev–Trinajstić information content (AvgIpc) is 3.55. The molecule has 6 aromatic carbocycles. The third-order valence-corrected chi connectivity index (χ3v) is 11.9. The van der Waals surface area contributed by atoms with Crippen molar-refractivity contribution in [1.29, 1.82) is 0 Å². The fraction of sp³-hybridized carbons (Fsp3) is 0.132. The molecule has 2 aliphatic carbocycles. The SMILES string of the molecule is CCC1(CC)C2=C(CCC(N(c3ccccc3)c3ccccc3)=C2)c2ccc(/C=C/c3ccc(-c4c(-c5ccccc5)cccc4-c4ccnnc4)cc3)cc21.